The number of nitrogens with zero attached hydrogens (tertiary/aromatic N) is 6. The van der Waals surface area contributed by atoms with Gasteiger partial charge >= 0.3 is 0 Å². The number of hydrogen-bond acceptors (Lipinski definition) is 6. The van der Waals surface area contributed by atoms with E-state index in [1.54, 1.807) is 17.7 Å². The van der Waals surface area contributed by atoms with Crippen LogP contribution in [0.25, 0.3) is 38.2 Å². The molecule has 2 aliphatic heterocycles. The molecule has 34 heavy (non-hydrogen) atoms. The molecule has 6 heterocycles. The maximum absolute atomic E-state index is 6.05. The van der Waals surface area contributed by atoms with E-state index in [1.165, 1.54) is 47.3 Å². The van der Waals surface area contributed by atoms with Gasteiger partial charge in [0.1, 0.15) is 11.2 Å². The molecule has 1 aromatic carbocycles. The fourth-order valence-electron chi connectivity index (χ4n) is 5.52. The molecule has 7 nitrogen and oxygen atoms in total. The molecule has 8 heteroatoms. The van der Waals surface area contributed by atoms with E-state index in [2.05, 4.69) is 53.8 Å². The molecule has 174 valence electrons. The van der Waals surface area contributed by atoms with Crippen molar-refractivity contribution in [2.45, 2.75) is 51.9 Å². The van der Waals surface area contributed by atoms with E-state index in [1.807, 2.05) is 4.52 Å². The molecule has 0 saturated carbocycles. The minimum Gasteiger partial charge on any atom is -0.370 e. The number of fused-ring (bicyclic) bond motifs is 6. The summed E-state index contributed by atoms with van der Waals surface area (Å²) < 4.78 is 10.3. The van der Waals surface area contributed by atoms with Gasteiger partial charge in [0, 0.05) is 47.1 Å². The molecule has 0 radical (unpaired) electrons. The molecular formula is C26H28N6OS. The molecule has 4 aromatic heterocycles. The quantitative estimate of drug-likeness (QED) is 0.372. The highest BCUT2D eigenvalue weighted by Crippen LogP contribution is 2.40. The molecule has 0 unspecified atom stereocenters. The van der Waals surface area contributed by atoms with Crippen LogP contribution in [0.1, 0.15) is 37.1 Å². The number of benzene rings is 1. The molecule has 1 fully saturated rings. The van der Waals surface area contributed by atoms with Crippen LogP contribution in [0.4, 0.5) is 0 Å². The lowest BCUT2D eigenvalue weighted by atomic mass is 9.94. The van der Waals surface area contributed by atoms with E-state index in [0.717, 1.165) is 46.8 Å². The molecule has 0 aliphatic carbocycles. The minimum absolute atomic E-state index is 0.181. The first kappa shape index (κ1) is 20.6. The normalized spacial score (nSPS) is 18.4. The Morgan fingerprint density at radius 3 is 2.85 bits per heavy atom. The van der Waals surface area contributed by atoms with Crippen molar-refractivity contribution in [3.8, 4) is 11.4 Å². The second kappa shape index (κ2) is 7.60. The lowest BCUT2D eigenvalue weighted by molar-refractivity contribution is -0.0379. The number of para-hydroxylation sites is 1. The zero-order valence-electron chi connectivity index (χ0n) is 19.6. The Bertz CT molecular complexity index is 1540. The first-order valence-corrected chi connectivity index (χ1v) is 13.0. The molecule has 0 bridgehead atoms. The fraction of sp³-hybridized carbons (Fsp3) is 0.423. The summed E-state index contributed by atoms with van der Waals surface area (Å²) in [6, 6.07) is 8.60. The Labute approximate surface area is 202 Å². The average Bonchev–Trinajstić information content (AvgIpc) is 3.60. The molecule has 0 atom stereocenters. The molecule has 0 amide bonds. The number of ether oxygens (including phenoxy) is 1. The summed E-state index contributed by atoms with van der Waals surface area (Å²) in [5.74, 6) is 0.761. The Morgan fingerprint density at radius 1 is 1.12 bits per heavy atom. The van der Waals surface area contributed by atoms with Crippen molar-refractivity contribution in [1.82, 2.24) is 29.0 Å². The van der Waals surface area contributed by atoms with Crippen molar-refractivity contribution in [2.75, 3.05) is 19.6 Å². The third-order valence-corrected chi connectivity index (χ3v) is 8.41. The van der Waals surface area contributed by atoms with E-state index in [-0.39, 0.29) is 5.60 Å². The smallest absolute Gasteiger partial charge is 0.184 e. The van der Waals surface area contributed by atoms with E-state index in [4.69, 9.17) is 19.8 Å². The molecule has 0 spiro atoms. The summed E-state index contributed by atoms with van der Waals surface area (Å²) in [6.07, 6.45) is 7.54. The average molecular weight is 473 g/mol. The molecule has 5 aromatic rings. The summed E-state index contributed by atoms with van der Waals surface area (Å²) in [7, 11) is 0. The second-order valence-corrected chi connectivity index (χ2v) is 11.2. The summed E-state index contributed by atoms with van der Waals surface area (Å²) in [6.45, 7) is 9.44. The SMILES string of the molecule is CC1(C)Cc2c(sc3ncn4nc(-c5cn(CCN6CCCC6)c6ccccc56)nc4c23)CO1. The number of aromatic nitrogens is 5. The van der Waals surface area contributed by atoms with Crippen LogP contribution < -0.4 is 0 Å². The van der Waals surface area contributed by atoms with Crippen molar-refractivity contribution in [3.05, 3.63) is 47.2 Å². The zero-order chi connectivity index (χ0) is 22.9. The van der Waals surface area contributed by atoms with Crippen LogP contribution in [0.5, 0.6) is 0 Å². The third-order valence-electron chi connectivity index (χ3n) is 7.29. The Balaban J connectivity index is 1.35. The molecule has 0 N–H and O–H groups in total. The Kier molecular flexibility index (Phi) is 4.59. The van der Waals surface area contributed by atoms with Gasteiger partial charge in [0.05, 0.1) is 17.6 Å². The van der Waals surface area contributed by atoms with Gasteiger partial charge < -0.3 is 14.2 Å². The summed E-state index contributed by atoms with van der Waals surface area (Å²) in [5, 5.41) is 7.23. The van der Waals surface area contributed by atoms with Crippen LogP contribution in [0.2, 0.25) is 0 Å². The maximum atomic E-state index is 6.05. The first-order chi connectivity index (χ1) is 16.6. The second-order valence-electron chi connectivity index (χ2n) is 10.2. The van der Waals surface area contributed by atoms with Gasteiger partial charge in [-0.05, 0) is 51.4 Å². The molecular weight excluding hydrogens is 444 g/mol. The number of thiophene rings is 1. The van der Waals surface area contributed by atoms with Crippen molar-refractivity contribution < 1.29 is 4.74 Å². The largest absolute Gasteiger partial charge is 0.370 e. The third kappa shape index (κ3) is 3.27. The van der Waals surface area contributed by atoms with Crippen molar-refractivity contribution in [1.29, 1.82) is 0 Å². The number of hydrogen-bond donors (Lipinski definition) is 0. The van der Waals surface area contributed by atoms with Crippen LogP contribution in [0.15, 0.2) is 36.8 Å². The molecule has 7 rings (SSSR count). The van der Waals surface area contributed by atoms with E-state index >= 15 is 0 Å². The van der Waals surface area contributed by atoms with Gasteiger partial charge in [-0.2, -0.15) is 0 Å². The topological polar surface area (TPSA) is 60.5 Å². The van der Waals surface area contributed by atoms with Crippen molar-refractivity contribution in [2.24, 2.45) is 0 Å². The van der Waals surface area contributed by atoms with Crippen LogP contribution in [-0.4, -0.2) is 54.3 Å². The van der Waals surface area contributed by atoms with Crippen LogP contribution >= 0.6 is 11.3 Å². The summed E-state index contributed by atoms with van der Waals surface area (Å²) in [4.78, 5) is 14.7. The molecule has 1 saturated heterocycles. The Hall–Kier alpha value is -2.81. The van der Waals surface area contributed by atoms with Gasteiger partial charge in [0.15, 0.2) is 11.5 Å². The van der Waals surface area contributed by atoms with E-state index in [0.29, 0.717) is 6.61 Å². The van der Waals surface area contributed by atoms with Gasteiger partial charge in [-0.25, -0.2) is 14.5 Å². The minimum atomic E-state index is -0.181. The van der Waals surface area contributed by atoms with Crippen LogP contribution in [0, 0.1) is 0 Å². The maximum Gasteiger partial charge on any atom is 0.184 e. The number of likely N-dealkylation sites (tertiary alicyclic amines) is 1. The van der Waals surface area contributed by atoms with Crippen LogP contribution in [0.3, 0.4) is 0 Å². The van der Waals surface area contributed by atoms with E-state index in [9.17, 15) is 0 Å². The Morgan fingerprint density at radius 2 is 1.97 bits per heavy atom. The van der Waals surface area contributed by atoms with E-state index < -0.39 is 0 Å². The van der Waals surface area contributed by atoms with Gasteiger partial charge in [0.25, 0.3) is 0 Å². The van der Waals surface area contributed by atoms with Crippen molar-refractivity contribution >= 4 is 38.1 Å². The lowest BCUT2D eigenvalue weighted by Crippen LogP contribution is -2.31. The predicted molar refractivity (Wildman–Crippen MR) is 135 cm³/mol. The first-order valence-electron chi connectivity index (χ1n) is 12.2. The van der Waals surface area contributed by atoms with Gasteiger partial charge in [-0.3, -0.25) is 0 Å². The lowest BCUT2D eigenvalue weighted by Gasteiger charge is -2.30. The molecule has 2 aliphatic rings. The van der Waals surface area contributed by atoms with Gasteiger partial charge in [-0.1, -0.05) is 18.2 Å². The van der Waals surface area contributed by atoms with Gasteiger partial charge in [-0.15, -0.1) is 16.4 Å². The summed E-state index contributed by atoms with van der Waals surface area (Å²) in [5.41, 5.74) is 4.36. The van der Waals surface area contributed by atoms with Crippen LogP contribution in [-0.2, 0) is 24.3 Å². The summed E-state index contributed by atoms with van der Waals surface area (Å²) >= 11 is 1.72. The number of rotatable bonds is 4. The van der Waals surface area contributed by atoms with Crippen molar-refractivity contribution in [3.63, 3.8) is 0 Å². The monoisotopic (exact) mass is 472 g/mol. The predicted octanol–water partition coefficient (Wildman–Crippen LogP) is 4.91. The fourth-order valence-corrected chi connectivity index (χ4v) is 6.59. The standard InChI is InChI=1S/C26H28N6OS/c1-26(2)13-18-21(15-33-26)34-25-22(18)24-28-23(29-32(24)16-27-25)19-14-31(12-11-30-9-5-6-10-30)20-8-4-3-7-17(19)20/h3-4,7-8,14,16H,5-6,9-13,15H2,1-2H3. The highest BCUT2D eigenvalue weighted by atomic mass is 32.1. The zero-order valence-corrected chi connectivity index (χ0v) is 20.4. The highest BCUT2D eigenvalue weighted by molar-refractivity contribution is 7.19. The van der Waals surface area contributed by atoms with Gasteiger partial charge in [0.2, 0.25) is 0 Å². The highest BCUT2D eigenvalue weighted by Gasteiger charge is 2.31.